The Balaban J connectivity index is 2.18. The summed E-state index contributed by atoms with van der Waals surface area (Å²) >= 11 is 0. The van der Waals surface area contributed by atoms with Crippen molar-refractivity contribution in [2.45, 2.75) is 20.0 Å². The van der Waals surface area contributed by atoms with Gasteiger partial charge >= 0.3 is 12.1 Å². The highest BCUT2D eigenvalue weighted by molar-refractivity contribution is 5.85. The van der Waals surface area contributed by atoms with Crippen molar-refractivity contribution in [3.63, 3.8) is 0 Å². The molecule has 0 fully saturated rings. The third-order valence-corrected chi connectivity index (χ3v) is 4.49. The van der Waals surface area contributed by atoms with Gasteiger partial charge in [0, 0.05) is 18.1 Å². The van der Waals surface area contributed by atoms with Gasteiger partial charge in [-0.05, 0) is 36.8 Å². The summed E-state index contributed by atoms with van der Waals surface area (Å²) in [4.78, 5) is 23.9. The van der Waals surface area contributed by atoms with Crippen molar-refractivity contribution >= 4 is 17.7 Å². The van der Waals surface area contributed by atoms with Gasteiger partial charge in [0.25, 0.3) is 0 Å². The van der Waals surface area contributed by atoms with Crippen molar-refractivity contribution in [3.8, 4) is 5.75 Å². The molecule has 2 aromatic rings. The van der Waals surface area contributed by atoms with Gasteiger partial charge in [0.1, 0.15) is 30.1 Å². The van der Waals surface area contributed by atoms with Gasteiger partial charge in [0.2, 0.25) is 0 Å². The minimum Gasteiger partial charge on any atom is -0.491 e. The van der Waals surface area contributed by atoms with E-state index >= 15 is 0 Å². The summed E-state index contributed by atoms with van der Waals surface area (Å²) in [5.41, 5.74) is 0.399. The van der Waals surface area contributed by atoms with Crippen molar-refractivity contribution in [1.29, 1.82) is 0 Å². The highest BCUT2D eigenvalue weighted by Crippen LogP contribution is 2.29. The van der Waals surface area contributed by atoms with Gasteiger partial charge in [-0.25, -0.2) is 18.4 Å². The summed E-state index contributed by atoms with van der Waals surface area (Å²) in [5.74, 6) is -2.02. The molecule has 7 nitrogen and oxygen atoms in total. The number of rotatable bonds is 11. The van der Waals surface area contributed by atoms with Crippen molar-refractivity contribution in [1.82, 2.24) is 0 Å². The number of benzene rings is 2. The van der Waals surface area contributed by atoms with E-state index in [4.69, 9.17) is 19.3 Å². The lowest BCUT2D eigenvalue weighted by molar-refractivity contribution is -0.137. The van der Waals surface area contributed by atoms with Crippen molar-refractivity contribution in [2.75, 3.05) is 25.1 Å². The molecule has 0 saturated heterocycles. The maximum atomic E-state index is 13.9. The average molecular weight is 475 g/mol. The van der Waals surface area contributed by atoms with E-state index in [2.05, 4.69) is 5.32 Å². The Hall–Kier alpha value is -3.72. The van der Waals surface area contributed by atoms with Gasteiger partial charge in [-0.3, -0.25) is 5.32 Å². The molecule has 0 bridgehead atoms. The van der Waals surface area contributed by atoms with Crippen LogP contribution in [0.3, 0.4) is 0 Å². The van der Waals surface area contributed by atoms with Gasteiger partial charge in [-0.1, -0.05) is 37.3 Å². The zero-order valence-electron chi connectivity index (χ0n) is 18.9. The number of aliphatic hydroxyl groups excluding tert-OH is 1. The first kappa shape index (κ1) is 26.5. The molecular formula is C25H27F2NO6. The van der Waals surface area contributed by atoms with E-state index in [-0.39, 0.29) is 31.4 Å². The average Bonchev–Trinajstić information content (AvgIpc) is 2.81. The first-order valence-corrected chi connectivity index (χ1v) is 10.6. The quantitative estimate of drug-likeness (QED) is 0.272. The molecule has 0 unspecified atom stereocenters. The summed E-state index contributed by atoms with van der Waals surface area (Å²) < 4.78 is 42.8. The summed E-state index contributed by atoms with van der Waals surface area (Å²) in [5, 5.41) is 11.2. The van der Waals surface area contributed by atoms with Crippen LogP contribution in [0, 0.1) is 17.6 Å². The fraction of sp³-hybridized carbons (Fsp3) is 0.280. The Morgan fingerprint density at radius 1 is 1.12 bits per heavy atom. The lowest BCUT2D eigenvalue weighted by Gasteiger charge is -2.23. The molecule has 1 amide bonds. The summed E-state index contributed by atoms with van der Waals surface area (Å²) in [6.45, 7) is 3.77. The molecule has 182 valence electrons. The normalized spacial score (nSPS) is 13.0. The summed E-state index contributed by atoms with van der Waals surface area (Å²) in [7, 11) is 0. The molecule has 0 aliphatic rings. The highest BCUT2D eigenvalue weighted by atomic mass is 19.1. The fourth-order valence-electron chi connectivity index (χ4n) is 2.91. The van der Waals surface area contributed by atoms with Crippen LogP contribution in [0.4, 0.5) is 19.3 Å². The molecule has 0 aliphatic carbocycles. The van der Waals surface area contributed by atoms with Crippen LogP contribution >= 0.6 is 0 Å². The Kier molecular flexibility index (Phi) is 10.7. The van der Waals surface area contributed by atoms with Crippen LogP contribution in [-0.4, -0.2) is 37.0 Å². The number of carbonyl (C=O) groups is 2. The molecule has 34 heavy (non-hydrogen) atoms. The van der Waals surface area contributed by atoms with E-state index in [1.54, 1.807) is 50.3 Å². The van der Waals surface area contributed by atoms with Gasteiger partial charge in [0.15, 0.2) is 0 Å². The Morgan fingerprint density at radius 3 is 2.50 bits per heavy atom. The highest BCUT2D eigenvalue weighted by Gasteiger charge is 2.23. The standard InChI is InChI=1S/C25H27F2NO6/c1-3-32-23(30)7-5-4-6-17(2)24(18-8-11-20(12-9-18)33-15-14-29)34-25(31)28-22-13-10-19(26)16-21(22)27/h4-13,16-17,24,29H,3,14-15H2,1-2H3,(H,28,31)/b6-4+,7-5+/t17-,24-/m0/s1. The number of amides is 1. The van der Waals surface area contributed by atoms with Crippen molar-refractivity contribution in [2.24, 2.45) is 5.92 Å². The van der Waals surface area contributed by atoms with Gasteiger partial charge in [-0.15, -0.1) is 0 Å². The molecule has 0 radical (unpaired) electrons. The number of esters is 1. The van der Waals surface area contributed by atoms with Crippen LogP contribution < -0.4 is 10.1 Å². The van der Waals surface area contributed by atoms with Gasteiger partial charge in [0.05, 0.1) is 18.9 Å². The van der Waals surface area contributed by atoms with Crippen LogP contribution in [0.25, 0.3) is 0 Å². The van der Waals surface area contributed by atoms with Crippen LogP contribution in [0.1, 0.15) is 25.5 Å². The molecule has 0 saturated carbocycles. The molecule has 2 N–H and O–H groups in total. The number of anilines is 1. The van der Waals surface area contributed by atoms with E-state index in [1.807, 2.05) is 0 Å². The van der Waals surface area contributed by atoms with Crippen molar-refractivity contribution in [3.05, 3.63) is 84.0 Å². The van der Waals surface area contributed by atoms with E-state index in [0.717, 1.165) is 12.1 Å². The molecule has 0 aromatic heterocycles. The summed E-state index contributed by atoms with van der Waals surface area (Å²) in [6.07, 6.45) is 4.39. The Labute approximate surface area is 196 Å². The number of nitrogens with one attached hydrogen (secondary N) is 1. The zero-order valence-corrected chi connectivity index (χ0v) is 18.9. The third-order valence-electron chi connectivity index (χ3n) is 4.49. The second-order valence-corrected chi connectivity index (χ2v) is 7.07. The molecule has 0 aliphatic heterocycles. The maximum Gasteiger partial charge on any atom is 0.412 e. The molecule has 0 heterocycles. The number of hydrogen-bond donors (Lipinski definition) is 2. The molecule has 9 heteroatoms. The van der Waals surface area contributed by atoms with Gasteiger partial charge < -0.3 is 19.3 Å². The number of allylic oxidation sites excluding steroid dienone is 2. The molecular weight excluding hydrogens is 448 g/mol. The van der Waals surface area contributed by atoms with Gasteiger partial charge in [-0.2, -0.15) is 0 Å². The third kappa shape index (κ3) is 8.67. The first-order chi connectivity index (χ1) is 16.3. The minimum atomic E-state index is -0.934. The second kappa shape index (κ2) is 13.7. The minimum absolute atomic E-state index is 0.130. The van der Waals surface area contributed by atoms with E-state index in [1.165, 1.54) is 12.2 Å². The second-order valence-electron chi connectivity index (χ2n) is 7.07. The molecule has 0 spiro atoms. The molecule has 2 aromatic carbocycles. The lowest BCUT2D eigenvalue weighted by Crippen LogP contribution is -2.21. The topological polar surface area (TPSA) is 94.1 Å². The van der Waals surface area contributed by atoms with Crippen LogP contribution in [0.15, 0.2) is 66.8 Å². The van der Waals surface area contributed by atoms with Crippen molar-refractivity contribution < 1.29 is 37.7 Å². The molecule has 2 atom stereocenters. The first-order valence-electron chi connectivity index (χ1n) is 10.6. The van der Waals surface area contributed by atoms with Crippen LogP contribution in [0.5, 0.6) is 5.75 Å². The summed E-state index contributed by atoms with van der Waals surface area (Å²) in [6, 6.07) is 9.48. The Bertz CT molecular complexity index is 1010. The van der Waals surface area contributed by atoms with Crippen LogP contribution in [0.2, 0.25) is 0 Å². The molecule has 2 rings (SSSR count). The smallest absolute Gasteiger partial charge is 0.412 e. The van der Waals surface area contributed by atoms with Crippen LogP contribution in [-0.2, 0) is 14.3 Å². The monoisotopic (exact) mass is 475 g/mol. The van der Waals surface area contributed by atoms with E-state index in [0.29, 0.717) is 17.4 Å². The number of ether oxygens (including phenoxy) is 3. The van der Waals surface area contributed by atoms with E-state index < -0.39 is 29.8 Å². The predicted octanol–water partition coefficient (Wildman–Crippen LogP) is 4.94. The predicted molar refractivity (Wildman–Crippen MR) is 122 cm³/mol. The SMILES string of the molecule is CCOC(=O)/C=C/C=C/[C@H](C)[C@H](OC(=O)Nc1ccc(F)cc1F)c1ccc(OCCO)cc1. The number of hydrogen-bond acceptors (Lipinski definition) is 6. The lowest BCUT2D eigenvalue weighted by atomic mass is 9.96. The van der Waals surface area contributed by atoms with E-state index in [9.17, 15) is 18.4 Å². The zero-order chi connectivity index (χ0) is 24.9. The number of halogens is 2. The largest absolute Gasteiger partial charge is 0.491 e. The number of carbonyl (C=O) groups excluding carboxylic acids is 2. The number of aliphatic hydroxyl groups is 1. The fourth-order valence-corrected chi connectivity index (χ4v) is 2.91. The maximum absolute atomic E-state index is 13.9. The Morgan fingerprint density at radius 2 is 1.85 bits per heavy atom.